The number of nitrogens with zero attached hydrogens (tertiary/aromatic N) is 2. The van der Waals surface area contributed by atoms with Crippen LogP contribution in [0.25, 0.3) is 11.0 Å². The van der Waals surface area contributed by atoms with Crippen LogP contribution in [-0.4, -0.2) is 46.6 Å². The molecule has 1 aliphatic rings. The summed E-state index contributed by atoms with van der Waals surface area (Å²) in [6, 6.07) is 3.79. The second kappa shape index (κ2) is 5.63. The van der Waals surface area contributed by atoms with Crippen molar-refractivity contribution in [2.75, 3.05) is 19.7 Å². The number of amides is 1. The number of rotatable bonds is 2. The molecule has 0 aromatic carbocycles. The van der Waals surface area contributed by atoms with Crippen LogP contribution in [0.4, 0.5) is 0 Å². The van der Waals surface area contributed by atoms with E-state index in [1.807, 2.05) is 17.0 Å². The van der Waals surface area contributed by atoms with Crippen molar-refractivity contribution >= 4 is 16.9 Å². The molecule has 3 heterocycles. The van der Waals surface area contributed by atoms with Crippen LogP contribution in [0.1, 0.15) is 30.1 Å². The van der Waals surface area contributed by atoms with Gasteiger partial charge in [0.15, 0.2) is 0 Å². The molecule has 106 valence electrons. The molecular formula is C15H19N3O2. The van der Waals surface area contributed by atoms with E-state index in [2.05, 4.69) is 16.9 Å². The van der Waals surface area contributed by atoms with Crippen molar-refractivity contribution in [2.24, 2.45) is 0 Å². The van der Waals surface area contributed by atoms with Crippen molar-refractivity contribution in [3.8, 4) is 0 Å². The Kier molecular flexibility index (Phi) is 3.69. The Morgan fingerprint density at radius 2 is 2.50 bits per heavy atom. The van der Waals surface area contributed by atoms with E-state index in [4.69, 9.17) is 4.74 Å². The average molecular weight is 273 g/mol. The fourth-order valence-corrected chi connectivity index (χ4v) is 2.61. The van der Waals surface area contributed by atoms with Crippen LogP contribution in [0.2, 0.25) is 0 Å². The zero-order chi connectivity index (χ0) is 13.9. The zero-order valence-corrected chi connectivity index (χ0v) is 11.6. The van der Waals surface area contributed by atoms with E-state index in [1.54, 1.807) is 12.4 Å². The Labute approximate surface area is 117 Å². The average Bonchev–Trinajstić information content (AvgIpc) is 2.76. The zero-order valence-electron chi connectivity index (χ0n) is 11.6. The second-order valence-electron chi connectivity index (χ2n) is 5.11. The Bertz CT molecular complexity index is 608. The number of aromatic nitrogens is 2. The van der Waals surface area contributed by atoms with Gasteiger partial charge in [0.25, 0.3) is 5.91 Å². The minimum absolute atomic E-state index is 0.0406. The molecule has 2 aromatic rings. The maximum Gasteiger partial charge on any atom is 0.257 e. The fraction of sp³-hybridized carbons (Fsp3) is 0.467. The Morgan fingerprint density at radius 1 is 1.60 bits per heavy atom. The van der Waals surface area contributed by atoms with Crippen LogP contribution >= 0.6 is 0 Å². The molecule has 0 aliphatic carbocycles. The minimum Gasteiger partial charge on any atom is -0.376 e. The largest absolute Gasteiger partial charge is 0.376 e. The number of hydrogen-bond donors (Lipinski definition) is 1. The molecular weight excluding hydrogens is 254 g/mol. The van der Waals surface area contributed by atoms with Crippen molar-refractivity contribution < 1.29 is 9.53 Å². The highest BCUT2D eigenvalue weighted by Crippen LogP contribution is 2.19. The number of pyridine rings is 1. The summed E-state index contributed by atoms with van der Waals surface area (Å²) in [4.78, 5) is 22.0. The molecule has 5 heteroatoms. The molecule has 0 saturated carbocycles. The van der Waals surface area contributed by atoms with Gasteiger partial charge in [-0.25, -0.2) is 0 Å². The minimum atomic E-state index is 0.0406. The molecule has 1 fully saturated rings. The Balaban J connectivity index is 1.87. The molecule has 1 aliphatic heterocycles. The Hall–Kier alpha value is -1.88. The third-order valence-corrected chi connectivity index (χ3v) is 3.76. The van der Waals surface area contributed by atoms with Gasteiger partial charge in [0.2, 0.25) is 0 Å². The highest BCUT2D eigenvalue weighted by Gasteiger charge is 2.24. The van der Waals surface area contributed by atoms with E-state index in [9.17, 15) is 4.79 Å². The van der Waals surface area contributed by atoms with E-state index in [1.165, 1.54) is 0 Å². The van der Waals surface area contributed by atoms with Gasteiger partial charge in [-0.15, -0.1) is 0 Å². The molecule has 5 nitrogen and oxygen atoms in total. The summed E-state index contributed by atoms with van der Waals surface area (Å²) in [7, 11) is 0. The van der Waals surface area contributed by atoms with E-state index in [0.29, 0.717) is 12.1 Å². The molecule has 1 N–H and O–H groups in total. The predicted molar refractivity (Wildman–Crippen MR) is 76.6 cm³/mol. The SMILES string of the molecule is CCC1CN(C(=O)c2c[nH]c3cccnc23)CCCO1. The number of ether oxygens (including phenoxy) is 1. The highest BCUT2D eigenvalue weighted by molar-refractivity contribution is 6.05. The van der Waals surface area contributed by atoms with E-state index >= 15 is 0 Å². The number of fused-ring (bicyclic) bond motifs is 1. The fourth-order valence-electron chi connectivity index (χ4n) is 2.61. The smallest absolute Gasteiger partial charge is 0.257 e. The van der Waals surface area contributed by atoms with Gasteiger partial charge in [0.05, 0.1) is 17.2 Å². The van der Waals surface area contributed by atoms with Crippen LogP contribution < -0.4 is 0 Å². The summed E-state index contributed by atoms with van der Waals surface area (Å²) in [6.07, 6.45) is 5.42. The lowest BCUT2D eigenvalue weighted by atomic mass is 10.2. The maximum atomic E-state index is 12.7. The summed E-state index contributed by atoms with van der Waals surface area (Å²) >= 11 is 0. The summed E-state index contributed by atoms with van der Waals surface area (Å²) in [6.45, 7) is 4.23. The lowest BCUT2D eigenvalue weighted by Crippen LogP contribution is -2.36. The second-order valence-corrected chi connectivity index (χ2v) is 5.11. The Morgan fingerprint density at radius 3 is 3.35 bits per heavy atom. The summed E-state index contributed by atoms with van der Waals surface area (Å²) < 4.78 is 5.72. The molecule has 2 aromatic heterocycles. The van der Waals surface area contributed by atoms with Crippen LogP contribution in [-0.2, 0) is 4.74 Å². The maximum absolute atomic E-state index is 12.7. The number of carbonyl (C=O) groups excluding carboxylic acids is 1. The predicted octanol–water partition coefficient (Wildman–Crippen LogP) is 2.20. The first-order chi connectivity index (χ1) is 9.79. The molecule has 3 rings (SSSR count). The number of hydrogen-bond acceptors (Lipinski definition) is 3. The van der Waals surface area contributed by atoms with Crippen molar-refractivity contribution in [3.05, 3.63) is 30.1 Å². The lowest BCUT2D eigenvalue weighted by molar-refractivity contribution is 0.0461. The number of H-pyrrole nitrogens is 1. The van der Waals surface area contributed by atoms with E-state index in [-0.39, 0.29) is 12.0 Å². The molecule has 1 atom stereocenters. The summed E-state index contributed by atoms with van der Waals surface area (Å²) in [5, 5.41) is 0. The van der Waals surface area contributed by atoms with Crippen molar-refractivity contribution in [1.82, 2.24) is 14.9 Å². The summed E-state index contributed by atoms with van der Waals surface area (Å²) in [5.41, 5.74) is 2.29. The standard InChI is InChI=1S/C15H19N3O2/c1-2-11-10-18(7-4-8-20-11)15(19)12-9-17-13-5-3-6-16-14(12)13/h3,5-6,9,11,17H,2,4,7-8,10H2,1H3. The third-order valence-electron chi connectivity index (χ3n) is 3.76. The van der Waals surface area contributed by atoms with Gasteiger partial charge in [-0.2, -0.15) is 0 Å². The molecule has 0 spiro atoms. The van der Waals surface area contributed by atoms with Gasteiger partial charge in [0, 0.05) is 32.1 Å². The lowest BCUT2D eigenvalue weighted by Gasteiger charge is -2.23. The van der Waals surface area contributed by atoms with Gasteiger partial charge in [-0.05, 0) is 25.0 Å². The topological polar surface area (TPSA) is 58.2 Å². The van der Waals surface area contributed by atoms with E-state index in [0.717, 1.165) is 37.0 Å². The van der Waals surface area contributed by atoms with Crippen LogP contribution in [0, 0.1) is 0 Å². The number of nitrogens with one attached hydrogen (secondary N) is 1. The first-order valence-electron chi connectivity index (χ1n) is 7.12. The quantitative estimate of drug-likeness (QED) is 0.912. The monoisotopic (exact) mass is 273 g/mol. The van der Waals surface area contributed by atoms with E-state index < -0.39 is 0 Å². The van der Waals surface area contributed by atoms with Crippen molar-refractivity contribution in [1.29, 1.82) is 0 Å². The van der Waals surface area contributed by atoms with Gasteiger partial charge in [0.1, 0.15) is 5.52 Å². The van der Waals surface area contributed by atoms with Crippen LogP contribution in [0.15, 0.2) is 24.5 Å². The first kappa shape index (κ1) is 13.1. The van der Waals surface area contributed by atoms with Crippen LogP contribution in [0.3, 0.4) is 0 Å². The normalized spacial score (nSPS) is 20.1. The highest BCUT2D eigenvalue weighted by atomic mass is 16.5. The van der Waals surface area contributed by atoms with Crippen molar-refractivity contribution in [2.45, 2.75) is 25.9 Å². The van der Waals surface area contributed by atoms with Gasteiger partial charge >= 0.3 is 0 Å². The molecule has 20 heavy (non-hydrogen) atoms. The van der Waals surface area contributed by atoms with Gasteiger partial charge in [-0.1, -0.05) is 6.92 Å². The first-order valence-corrected chi connectivity index (χ1v) is 7.12. The molecule has 0 radical (unpaired) electrons. The molecule has 0 bridgehead atoms. The number of aromatic amines is 1. The number of carbonyl (C=O) groups is 1. The van der Waals surface area contributed by atoms with Gasteiger partial charge in [-0.3, -0.25) is 9.78 Å². The van der Waals surface area contributed by atoms with Gasteiger partial charge < -0.3 is 14.6 Å². The molecule has 1 unspecified atom stereocenters. The third kappa shape index (κ3) is 2.41. The van der Waals surface area contributed by atoms with Crippen LogP contribution in [0.5, 0.6) is 0 Å². The summed E-state index contributed by atoms with van der Waals surface area (Å²) in [5.74, 6) is 0.0406. The molecule has 1 saturated heterocycles. The molecule has 1 amide bonds. The van der Waals surface area contributed by atoms with Crippen molar-refractivity contribution in [3.63, 3.8) is 0 Å².